The predicted octanol–water partition coefficient (Wildman–Crippen LogP) is 3.21. The van der Waals surface area contributed by atoms with E-state index in [0.29, 0.717) is 24.2 Å². The molecule has 1 aliphatic heterocycles. The number of nitrogens with zero attached hydrogens (tertiary/aromatic N) is 3. The van der Waals surface area contributed by atoms with Gasteiger partial charge in [-0.05, 0) is 18.2 Å². The Labute approximate surface area is 170 Å². The van der Waals surface area contributed by atoms with Crippen molar-refractivity contribution < 1.29 is 9.21 Å². The van der Waals surface area contributed by atoms with Crippen molar-refractivity contribution in [2.24, 2.45) is 0 Å². The van der Waals surface area contributed by atoms with Crippen LogP contribution in [-0.4, -0.2) is 31.9 Å². The molecular weight excluding hydrogens is 380 g/mol. The number of amides is 1. The second-order valence-corrected chi connectivity index (χ2v) is 7.65. The smallest absolute Gasteiger partial charge is 0.297 e. The maximum Gasteiger partial charge on any atom is 0.297 e. The van der Waals surface area contributed by atoms with Gasteiger partial charge >= 0.3 is 0 Å². The number of carbonyl (C=O) groups excluding carboxylic acids is 1. The average molecular weight is 398 g/mol. The first kappa shape index (κ1) is 17.0. The highest BCUT2D eigenvalue weighted by Gasteiger charge is 2.24. The van der Waals surface area contributed by atoms with E-state index >= 15 is 0 Å². The number of H-pyrrole nitrogens is 1. The van der Waals surface area contributed by atoms with Crippen molar-refractivity contribution >= 4 is 38.9 Å². The number of para-hydroxylation sites is 2. The molecular formula is C23H18N4O3. The lowest BCUT2D eigenvalue weighted by Gasteiger charge is -2.27. The van der Waals surface area contributed by atoms with Gasteiger partial charge in [-0.3, -0.25) is 14.2 Å². The van der Waals surface area contributed by atoms with Gasteiger partial charge in [-0.15, -0.1) is 0 Å². The van der Waals surface area contributed by atoms with Crippen molar-refractivity contribution in [3.63, 3.8) is 0 Å². The van der Waals surface area contributed by atoms with Gasteiger partial charge in [-0.2, -0.15) is 0 Å². The van der Waals surface area contributed by atoms with Crippen LogP contribution in [0.2, 0.25) is 0 Å². The number of benzene rings is 2. The molecule has 0 spiro atoms. The Bertz CT molecular complexity index is 1510. The summed E-state index contributed by atoms with van der Waals surface area (Å²) in [5, 5.41) is 1.94. The summed E-state index contributed by atoms with van der Waals surface area (Å²) in [6.45, 7) is 1.09. The van der Waals surface area contributed by atoms with Gasteiger partial charge in [0.05, 0.1) is 6.33 Å². The second-order valence-electron chi connectivity index (χ2n) is 7.65. The summed E-state index contributed by atoms with van der Waals surface area (Å²) in [5.41, 5.74) is 4.42. The summed E-state index contributed by atoms with van der Waals surface area (Å²) in [5.74, 6) is -0.106. The topological polar surface area (TPSA) is 84.1 Å². The largest absolute Gasteiger partial charge is 0.448 e. The third-order valence-electron chi connectivity index (χ3n) is 5.89. The van der Waals surface area contributed by atoms with E-state index in [4.69, 9.17) is 4.42 Å². The molecule has 0 saturated carbocycles. The van der Waals surface area contributed by atoms with Crippen LogP contribution in [0.5, 0.6) is 0 Å². The maximum atomic E-state index is 13.0. The molecule has 0 radical (unpaired) electrons. The fourth-order valence-corrected chi connectivity index (χ4v) is 4.35. The number of hydrogen-bond donors (Lipinski definition) is 1. The van der Waals surface area contributed by atoms with E-state index < -0.39 is 0 Å². The Kier molecular flexibility index (Phi) is 3.59. The molecule has 6 rings (SSSR count). The van der Waals surface area contributed by atoms with Crippen LogP contribution >= 0.6 is 0 Å². The highest BCUT2D eigenvalue weighted by Crippen LogP contribution is 2.28. The number of furan rings is 1. The van der Waals surface area contributed by atoms with E-state index in [1.807, 2.05) is 36.4 Å². The summed E-state index contributed by atoms with van der Waals surface area (Å²) in [7, 11) is 0. The summed E-state index contributed by atoms with van der Waals surface area (Å²) < 4.78 is 7.04. The SMILES string of the molecule is O=C(Cn1cnc2c(oc3ccccc32)c1=O)N1CCc2[nH]c3ccccc3c2C1. The Hall–Kier alpha value is -3.87. The Morgan fingerprint density at radius 1 is 1.10 bits per heavy atom. The molecule has 3 aromatic heterocycles. The fraction of sp³-hybridized carbons (Fsp3) is 0.174. The first-order chi connectivity index (χ1) is 14.7. The fourth-order valence-electron chi connectivity index (χ4n) is 4.35. The first-order valence-corrected chi connectivity index (χ1v) is 9.92. The Morgan fingerprint density at radius 2 is 1.90 bits per heavy atom. The Morgan fingerprint density at radius 3 is 2.80 bits per heavy atom. The van der Waals surface area contributed by atoms with Gasteiger partial charge in [-0.1, -0.05) is 30.3 Å². The lowest BCUT2D eigenvalue weighted by Crippen LogP contribution is -2.39. The monoisotopic (exact) mass is 398 g/mol. The lowest BCUT2D eigenvalue weighted by molar-refractivity contribution is -0.132. The molecule has 0 saturated heterocycles. The number of carbonyl (C=O) groups is 1. The molecule has 1 N–H and O–H groups in total. The normalized spacial score (nSPS) is 13.9. The van der Waals surface area contributed by atoms with Crippen molar-refractivity contribution in [1.29, 1.82) is 0 Å². The highest BCUT2D eigenvalue weighted by molar-refractivity contribution is 6.01. The molecule has 1 amide bonds. The van der Waals surface area contributed by atoms with Gasteiger partial charge in [0.15, 0.2) is 0 Å². The molecule has 2 aromatic carbocycles. The van der Waals surface area contributed by atoms with Crippen molar-refractivity contribution in [3.8, 4) is 0 Å². The van der Waals surface area contributed by atoms with Crippen LogP contribution in [0.25, 0.3) is 33.0 Å². The number of hydrogen-bond acceptors (Lipinski definition) is 4. The maximum absolute atomic E-state index is 13.0. The van der Waals surface area contributed by atoms with Crippen LogP contribution in [0.4, 0.5) is 0 Å². The lowest BCUT2D eigenvalue weighted by atomic mass is 10.0. The minimum atomic E-state index is -0.339. The quantitative estimate of drug-likeness (QED) is 0.495. The molecule has 0 atom stereocenters. The zero-order valence-electron chi connectivity index (χ0n) is 16.1. The van der Waals surface area contributed by atoms with Gasteiger partial charge in [0.2, 0.25) is 11.5 Å². The van der Waals surface area contributed by atoms with Crippen molar-refractivity contribution in [2.45, 2.75) is 19.5 Å². The molecule has 0 bridgehead atoms. The molecule has 0 fully saturated rings. The van der Waals surface area contributed by atoms with E-state index in [2.05, 4.69) is 16.0 Å². The molecule has 7 heteroatoms. The van der Waals surface area contributed by atoms with E-state index in [1.54, 1.807) is 11.0 Å². The summed E-state index contributed by atoms with van der Waals surface area (Å²) in [6.07, 6.45) is 2.21. The van der Waals surface area contributed by atoms with Crippen LogP contribution in [0.15, 0.2) is 64.1 Å². The third-order valence-corrected chi connectivity index (χ3v) is 5.89. The average Bonchev–Trinajstić information content (AvgIpc) is 3.34. The minimum absolute atomic E-state index is 0.0590. The molecule has 148 valence electrons. The number of rotatable bonds is 2. The van der Waals surface area contributed by atoms with Gasteiger partial charge in [-0.25, -0.2) is 4.98 Å². The van der Waals surface area contributed by atoms with E-state index in [-0.39, 0.29) is 23.6 Å². The van der Waals surface area contributed by atoms with Crippen molar-refractivity contribution in [3.05, 3.63) is 76.5 Å². The third kappa shape index (κ3) is 2.48. The first-order valence-electron chi connectivity index (χ1n) is 9.92. The molecule has 0 unspecified atom stereocenters. The highest BCUT2D eigenvalue weighted by atomic mass is 16.3. The Balaban J connectivity index is 1.31. The summed E-state index contributed by atoms with van der Waals surface area (Å²) >= 11 is 0. The standard InChI is InChI=1S/C23H18N4O3/c28-20(26-10-9-18-16(11-26)14-5-1-3-7-17(14)25-18)12-27-13-24-21-15-6-2-4-8-19(15)30-22(21)23(27)29/h1-8,13,25H,9-12H2. The van der Waals surface area contributed by atoms with E-state index in [9.17, 15) is 9.59 Å². The van der Waals surface area contributed by atoms with Gasteiger partial charge < -0.3 is 14.3 Å². The van der Waals surface area contributed by atoms with Crippen molar-refractivity contribution in [1.82, 2.24) is 19.4 Å². The van der Waals surface area contributed by atoms with Gasteiger partial charge in [0.25, 0.3) is 5.56 Å². The molecule has 4 heterocycles. The molecule has 7 nitrogen and oxygen atoms in total. The van der Waals surface area contributed by atoms with Crippen LogP contribution in [0.1, 0.15) is 11.3 Å². The van der Waals surface area contributed by atoms with Crippen molar-refractivity contribution in [2.75, 3.05) is 6.54 Å². The number of fused-ring (bicyclic) bond motifs is 6. The molecule has 30 heavy (non-hydrogen) atoms. The summed E-state index contributed by atoms with van der Waals surface area (Å²) in [4.78, 5) is 35.5. The second kappa shape index (κ2) is 6.32. The zero-order chi connectivity index (χ0) is 20.2. The predicted molar refractivity (Wildman–Crippen MR) is 113 cm³/mol. The summed E-state index contributed by atoms with van der Waals surface area (Å²) in [6, 6.07) is 15.5. The number of aromatic nitrogens is 3. The minimum Gasteiger partial charge on any atom is -0.448 e. The number of nitrogens with one attached hydrogen (secondary N) is 1. The van der Waals surface area contributed by atoms with Crippen LogP contribution in [-0.2, 0) is 24.3 Å². The van der Waals surface area contributed by atoms with Gasteiger partial charge in [0.1, 0.15) is 17.6 Å². The number of aromatic amines is 1. The van der Waals surface area contributed by atoms with Gasteiger partial charge in [0, 0.05) is 47.1 Å². The van der Waals surface area contributed by atoms with E-state index in [1.165, 1.54) is 16.6 Å². The van der Waals surface area contributed by atoms with E-state index in [0.717, 1.165) is 28.3 Å². The van der Waals surface area contributed by atoms with Crippen LogP contribution in [0.3, 0.4) is 0 Å². The zero-order valence-corrected chi connectivity index (χ0v) is 16.1. The molecule has 5 aromatic rings. The molecule has 1 aliphatic rings. The molecule has 0 aliphatic carbocycles. The van der Waals surface area contributed by atoms with Crippen LogP contribution < -0.4 is 5.56 Å². The van der Waals surface area contributed by atoms with Crippen LogP contribution in [0, 0.1) is 0 Å².